The molecular formula is C9H20. The normalized spacial score (nSPS) is 33.3. The van der Waals surface area contributed by atoms with Crippen LogP contribution in [-0.4, -0.2) is 0 Å². The molecule has 1 rings (SSSR count). The lowest BCUT2D eigenvalue weighted by Crippen LogP contribution is -1.95. The van der Waals surface area contributed by atoms with E-state index >= 15 is 0 Å². The lowest BCUT2D eigenvalue weighted by Gasteiger charge is -2.05. The van der Waals surface area contributed by atoms with Gasteiger partial charge >= 0.3 is 0 Å². The largest absolute Gasteiger partial charge is 0.0683 e. The Morgan fingerprint density at radius 2 is 1.22 bits per heavy atom. The van der Waals surface area contributed by atoms with Crippen LogP contribution in [0.1, 0.15) is 47.0 Å². The van der Waals surface area contributed by atoms with E-state index in [1.807, 2.05) is 13.8 Å². The molecule has 1 aliphatic rings. The molecule has 0 aromatic heterocycles. The van der Waals surface area contributed by atoms with Gasteiger partial charge in [-0.15, -0.1) is 0 Å². The molecule has 0 heterocycles. The highest BCUT2D eigenvalue weighted by Crippen LogP contribution is 2.29. The van der Waals surface area contributed by atoms with Gasteiger partial charge in [0.05, 0.1) is 0 Å². The van der Waals surface area contributed by atoms with Crippen LogP contribution >= 0.6 is 0 Å². The maximum atomic E-state index is 2.36. The predicted molar refractivity (Wildman–Crippen MR) is 43.5 cm³/mol. The fraction of sp³-hybridized carbons (Fsp3) is 1.00. The second-order valence-electron chi connectivity index (χ2n) is 2.89. The van der Waals surface area contributed by atoms with E-state index in [0.29, 0.717) is 0 Å². The van der Waals surface area contributed by atoms with E-state index in [0.717, 1.165) is 11.8 Å². The van der Waals surface area contributed by atoms with Crippen LogP contribution in [0, 0.1) is 11.8 Å². The summed E-state index contributed by atoms with van der Waals surface area (Å²) in [6.07, 6.45) is 4.42. The first-order valence-corrected chi connectivity index (χ1v) is 4.30. The Labute approximate surface area is 59.7 Å². The van der Waals surface area contributed by atoms with Crippen LogP contribution in [0.3, 0.4) is 0 Å². The van der Waals surface area contributed by atoms with Crippen molar-refractivity contribution in [1.29, 1.82) is 0 Å². The molecule has 0 N–H and O–H groups in total. The van der Waals surface area contributed by atoms with Gasteiger partial charge in [-0.3, -0.25) is 0 Å². The lowest BCUT2D eigenvalue weighted by molar-refractivity contribution is 0.457. The molecule has 1 saturated carbocycles. The van der Waals surface area contributed by atoms with Gasteiger partial charge in [-0.2, -0.15) is 0 Å². The van der Waals surface area contributed by atoms with Crippen molar-refractivity contribution in [2.75, 3.05) is 0 Å². The zero-order chi connectivity index (χ0) is 7.28. The van der Waals surface area contributed by atoms with E-state index in [1.165, 1.54) is 19.3 Å². The van der Waals surface area contributed by atoms with E-state index in [-0.39, 0.29) is 0 Å². The van der Waals surface area contributed by atoms with E-state index in [2.05, 4.69) is 13.8 Å². The van der Waals surface area contributed by atoms with Gasteiger partial charge in [-0.1, -0.05) is 47.0 Å². The maximum absolute atomic E-state index is 2.36. The van der Waals surface area contributed by atoms with E-state index in [1.54, 1.807) is 0 Å². The van der Waals surface area contributed by atoms with Crippen LogP contribution in [-0.2, 0) is 0 Å². The summed E-state index contributed by atoms with van der Waals surface area (Å²) in [6, 6.07) is 0. The highest BCUT2D eigenvalue weighted by atomic mass is 14.2. The second-order valence-corrected chi connectivity index (χ2v) is 2.89. The Morgan fingerprint density at radius 3 is 1.33 bits per heavy atom. The molecule has 56 valence electrons. The van der Waals surface area contributed by atoms with Crippen LogP contribution in [0.5, 0.6) is 0 Å². The summed E-state index contributed by atoms with van der Waals surface area (Å²) in [6.45, 7) is 8.72. The number of hydrogen-bond donors (Lipinski definition) is 0. The molecule has 0 amide bonds. The third-order valence-corrected chi connectivity index (χ3v) is 2.29. The fourth-order valence-corrected chi connectivity index (χ4v) is 1.33. The molecule has 0 bridgehead atoms. The molecule has 0 aliphatic heterocycles. The lowest BCUT2D eigenvalue weighted by atomic mass is 10.0. The maximum Gasteiger partial charge on any atom is -0.0417 e. The predicted octanol–water partition coefficient (Wildman–Crippen LogP) is 3.47. The Hall–Kier alpha value is 0. The van der Waals surface area contributed by atoms with E-state index in [9.17, 15) is 0 Å². The van der Waals surface area contributed by atoms with Crippen molar-refractivity contribution < 1.29 is 0 Å². The molecule has 0 radical (unpaired) electrons. The van der Waals surface area contributed by atoms with Gasteiger partial charge in [0.25, 0.3) is 0 Å². The average Bonchev–Trinajstić information content (AvgIpc) is 2.23. The summed E-state index contributed by atoms with van der Waals surface area (Å²) in [4.78, 5) is 0. The molecule has 1 aliphatic carbocycles. The molecule has 0 unspecified atom stereocenters. The molecule has 9 heavy (non-hydrogen) atoms. The molecule has 0 spiro atoms. The number of hydrogen-bond acceptors (Lipinski definition) is 0. The molecule has 2 atom stereocenters. The minimum Gasteiger partial charge on any atom is -0.0683 e. The average molecular weight is 128 g/mol. The van der Waals surface area contributed by atoms with Gasteiger partial charge in [0, 0.05) is 0 Å². The first kappa shape index (κ1) is 9.00. The summed E-state index contributed by atoms with van der Waals surface area (Å²) in [7, 11) is 0. The monoisotopic (exact) mass is 128 g/mol. The minimum atomic E-state index is 1.01. The van der Waals surface area contributed by atoms with Crippen molar-refractivity contribution in [1.82, 2.24) is 0 Å². The van der Waals surface area contributed by atoms with Gasteiger partial charge in [-0.25, -0.2) is 0 Å². The Kier molecular flexibility index (Phi) is 4.84. The molecular weight excluding hydrogens is 108 g/mol. The van der Waals surface area contributed by atoms with Crippen LogP contribution in [0.2, 0.25) is 0 Å². The van der Waals surface area contributed by atoms with Crippen LogP contribution in [0.25, 0.3) is 0 Å². The van der Waals surface area contributed by atoms with E-state index < -0.39 is 0 Å². The molecule has 1 fully saturated rings. The quantitative estimate of drug-likeness (QED) is 0.468. The van der Waals surface area contributed by atoms with Crippen molar-refractivity contribution in [3.05, 3.63) is 0 Å². The van der Waals surface area contributed by atoms with Crippen molar-refractivity contribution >= 4 is 0 Å². The Balaban J connectivity index is 0.000000291. The molecule has 0 aromatic carbocycles. The first-order chi connectivity index (χ1) is 4.30. The molecule has 0 saturated heterocycles. The smallest absolute Gasteiger partial charge is 0.0417 e. The fourth-order valence-electron chi connectivity index (χ4n) is 1.33. The number of rotatable bonds is 0. The summed E-state index contributed by atoms with van der Waals surface area (Å²) in [5.74, 6) is 2.03. The van der Waals surface area contributed by atoms with Gasteiger partial charge in [0.2, 0.25) is 0 Å². The summed E-state index contributed by atoms with van der Waals surface area (Å²) < 4.78 is 0. The molecule has 0 nitrogen and oxygen atoms in total. The van der Waals surface area contributed by atoms with E-state index in [4.69, 9.17) is 0 Å². The SMILES string of the molecule is CC.C[C@@H]1CCC[C@@H]1C. The third kappa shape index (κ3) is 2.88. The van der Waals surface area contributed by atoms with Gasteiger partial charge in [-0.05, 0) is 11.8 Å². The Bertz CT molecular complexity index is 49.1. The van der Waals surface area contributed by atoms with Gasteiger partial charge < -0.3 is 0 Å². The Morgan fingerprint density at radius 1 is 0.889 bits per heavy atom. The van der Waals surface area contributed by atoms with Gasteiger partial charge in [0.1, 0.15) is 0 Å². The minimum absolute atomic E-state index is 1.01. The highest BCUT2D eigenvalue weighted by Gasteiger charge is 2.17. The van der Waals surface area contributed by atoms with Crippen molar-refractivity contribution in [2.24, 2.45) is 11.8 Å². The highest BCUT2D eigenvalue weighted by molar-refractivity contribution is 4.69. The van der Waals surface area contributed by atoms with Crippen molar-refractivity contribution in [3.8, 4) is 0 Å². The zero-order valence-electron chi connectivity index (χ0n) is 7.28. The van der Waals surface area contributed by atoms with Crippen LogP contribution in [0.4, 0.5) is 0 Å². The first-order valence-electron chi connectivity index (χ1n) is 4.30. The summed E-state index contributed by atoms with van der Waals surface area (Å²) in [5, 5.41) is 0. The molecule has 0 heteroatoms. The van der Waals surface area contributed by atoms with Crippen molar-refractivity contribution in [2.45, 2.75) is 47.0 Å². The summed E-state index contributed by atoms with van der Waals surface area (Å²) >= 11 is 0. The van der Waals surface area contributed by atoms with Gasteiger partial charge in [0.15, 0.2) is 0 Å². The third-order valence-electron chi connectivity index (χ3n) is 2.29. The standard InChI is InChI=1S/C7H14.C2H6/c1-6-4-3-5-7(6)2;1-2/h6-7H,3-5H2,1-2H3;1-2H3/t6-,7+;. The zero-order valence-corrected chi connectivity index (χ0v) is 7.28. The van der Waals surface area contributed by atoms with Crippen LogP contribution in [0.15, 0.2) is 0 Å². The molecule has 0 aromatic rings. The second kappa shape index (κ2) is 4.84. The summed E-state index contributed by atoms with van der Waals surface area (Å²) in [5.41, 5.74) is 0. The van der Waals surface area contributed by atoms with Crippen molar-refractivity contribution in [3.63, 3.8) is 0 Å². The topological polar surface area (TPSA) is 0 Å². The van der Waals surface area contributed by atoms with Crippen LogP contribution < -0.4 is 0 Å².